The van der Waals surface area contributed by atoms with Crippen LogP contribution in [0.2, 0.25) is 0 Å². The van der Waals surface area contributed by atoms with Crippen molar-refractivity contribution in [3.05, 3.63) is 41.9 Å². The van der Waals surface area contributed by atoms with Gasteiger partial charge in [-0.1, -0.05) is 0 Å². The number of hydrogen-bond donors (Lipinski definition) is 0. The van der Waals surface area contributed by atoms with Gasteiger partial charge in [0.2, 0.25) is 5.88 Å². The zero-order valence-electron chi connectivity index (χ0n) is 15.3. The maximum atomic E-state index is 6.12. The van der Waals surface area contributed by atoms with Gasteiger partial charge in [0.05, 0.1) is 23.1 Å². The monoisotopic (exact) mass is 350 g/mol. The minimum absolute atomic E-state index is 0.150. The molecule has 26 heavy (non-hydrogen) atoms. The maximum absolute atomic E-state index is 6.12. The van der Waals surface area contributed by atoms with E-state index in [1.807, 2.05) is 26.8 Å². The Bertz CT molecular complexity index is 936. The van der Waals surface area contributed by atoms with Gasteiger partial charge in [-0.2, -0.15) is 0 Å². The van der Waals surface area contributed by atoms with Crippen molar-refractivity contribution in [2.45, 2.75) is 39.7 Å². The fraction of sp³-hybridized carbons (Fsp3) is 0.421. The molecule has 0 bridgehead atoms. The lowest BCUT2D eigenvalue weighted by molar-refractivity contribution is 0.161. The number of nitrogens with zero attached hydrogens (tertiary/aromatic N) is 6. The Morgan fingerprint density at radius 3 is 2.65 bits per heavy atom. The fourth-order valence-electron chi connectivity index (χ4n) is 3.29. The molecule has 1 fully saturated rings. The summed E-state index contributed by atoms with van der Waals surface area (Å²) in [5.74, 6) is 2.40. The SMILES string of the molecule is Cc1cnc(C)c(OC2CCN(c3nc(C)nc4cnccc34)CC2)n1. The molecule has 0 spiro atoms. The van der Waals surface area contributed by atoms with Crippen molar-refractivity contribution >= 4 is 16.7 Å². The van der Waals surface area contributed by atoms with Gasteiger partial charge in [-0.15, -0.1) is 0 Å². The number of rotatable bonds is 3. The van der Waals surface area contributed by atoms with Crippen LogP contribution >= 0.6 is 0 Å². The quantitative estimate of drug-likeness (QED) is 0.719. The Morgan fingerprint density at radius 1 is 1.04 bits per heavy atom. The molecule has 0 unspecified atom stereocenters. The molecule has 134 valence electrons. The third-order valence-electron chi connectivity index (χ3n) is 4.64. The highest BCUT2D eigenvalue weighted by Crippen LogP contribution is 2.27. The smallest absolute Gasteiger partial charge is 0.235 e. The number of ether oxygens (including phenoxy) is 1. The predicted octanol–water partition coefficient (Wildman–Crippen LogP) is 2.79. The standard InChI is InChI=1S/C19H22N6O/c1-12-10-21-13(2)19(22-12)26-15-5-8-25(9-6-15)18-16-4-7-20-11-17(16)23-14(3)24-18/h4,7,10-11,15H,5-6,8-9H2,1-3H3. The first-order valence-corrected chi connectivity index (χ1v) is 8.90. The summed E-state index contributed by atoms with van der Waals surface area (Å²) >= 11 is 0. The lowest BCUT2D eigenvalue weighted by atomic mass is 10.1. The van der Waals surface area contributed by atoms with Crippen molar-refractivity contribution in [3.63, 3.8) is 0 Å². The molecule has 0 N–H and O–H groups in total. The molecular weight excluding hydrogens is 328 g/mol. The molecule has 7 heteroatoms. The van der Waals surface area contributed by atoms with Crippen LogP contribution in [0.1, 0.15) is 30.1 Å². The normalized spacial score (nSPS) is 15.4. The van der Waals surface area contributed by atoms with Gasteiger partial charge in [-0.25, -0.2) is 15.0 Å². The van der Waals surface area contributed by atoms with Gasteiger partial charge in [0, 0.05) is 43.7 Å². The third kappa shape index (κ3) is 3.29. The summed E-state index contributed by atoms with van der Waals surface area (Å²) in [5, 5.41) is 1.05. The molecule has 7 nitrogen and oxygen atoms in total. The molecule has 0 aromatic carbocycles. The van der Waals surface area contributed by atoms with Crippen LogP contribution in [0, 0.1) is 20.8 Å². The van der Waals surface area contributed by atoms with E-state index >= 15 is 0 Å². The van der Waals surface area contributed by atoms with Gasteiger partial charge < -0.3 is 9.64 Å². The minimum Gasteiger partial charge on any atom is -0.473 e. The van der Waals surface area contributed by atoms with Gasteiger partial charge in [-0.3, -0.25) is 9.97 Å². The lowest BCUT2D eigenvalue weighted by Crippen LogP contribution is -2.39. The summed E-state index contributed by atoms with van der Waals surface area (Å²) in [7, 11) is 0. The van der Waals surface area contributed by atoms with Gasteiger partial charge in [0.15, 0.2) is 0 Å². The summed E-state index contributed by atoms with van der Waals surface area (Å²) in [5.41, 5.74) is 2.60. The molecule has 0 amide bonds. The molecule has 1 saturated heterocycles. The summed E-state index contributed by atoms with van der Waals surface area (Å²) in [6, 6.07) is 1.98. The van der Waals surface area contributed by atoms with E-state index in [1.165, 1.54) is 0 Å². The van der Waals surface area contributed by atoms with Gasteiger partial charge >= 0.3 is 0 Å². The van der Waals surface area contributed by atoms with Crippen molar-refractivity contribution in [2.24, 2.45) is 0 Å². The summed E-state index contributed by atoms with van der Waals surface area (Å²) in [4.78, 5) is 24.4. The highest BCUT2D eigenvalue weighted by molar-refractivity contribution is 5.88. The molecule has 0 atom stereocenters. The minimum atomic E-state index is 0.150. The molecular formula is C19H22N6O. The molecule has 3 aromatic rings. The van der Waals surface area contributed by atoms with E-state index in [9.17, 15) is 0 Å². The largest absolute Gasteiger partial charge is 0.473 e. The first-order chi connectivity index (χ1) is 12.6. The van der Waals surface area contributed by atoms with Crippen molar-refractivity contribution in [2.75, 3.05) is 18.0 Å². The Hall–Kier alpha value is -2.83. The second kappa shape index (κ2) is 6.82. The zero-order valence-corrected chi connectivity index (χ0v) is 15.3. The molecule has 1 aliphatic rings. The number of pyridine rings is 1. The maximum Gasteiger partial charge on any atom is 0.235 e. The average molecular weight is 350 g/mol. The van der Waals surface area contributed by atoms with Crippen LogP contribution in [0.25, 0.3) is 10.9 Å². The molecule has 0 saturated carbocycles. The Labute approximate surface area is 152 Å². The predicted molar refractivity (Wildman–Crippen MR) is 99.4 cm³/mol. The Kier molecular flexibility index (Phi) is 4.36. The van der Waals surface area contributed by atoms with Crippen LogP contribution in [0.3, 0.4) is 0 Å². The Balaban J connectivity index is 1.50. The number of aryl methyl sites for hydroxylation is 3. The second-order valence-corrected chi connectivity index (χ2v) is 6.69. The molecule has 4 rings (SSSR count). The van der Waals surface area contributed by atoms with E-state index in [0.29, 0.717) is 5.88 Å². The fourth-order valence-corrected chi connectivity index (χ4v) is 3.29. The van der Waals surface area contributed by atoms with E-state index in [4.69, 9.17) is 4.74 Å². The van der Waals surface area contributed by atoms with Crippen LogP contribution in [0.4, 0.5) is 5.82 Å². The second-order valence-electron chi connectivity index (χ2n) is 6.69. The van der Waals surface area contributed by atoms with E-state index in [0.717, 1.165) is 59.9 Å². The lowest BCUT2D eigenvalue weighted by Gasteiger charge is -2.33. The number of hydrogen-bond acceptors (Lipinski definition) is 7. The molecule has 0 aliphatic carbocycles. The Morgan fingerprint density at radius 2 is 1.85 bits per heavy atom. The highest BCUT2D eigenvalue weighted by Gasteiger charge is 2.24. The van der Waals surface area contributed by atoms with Crippen molar-refractivity contribution in [1.82, 2.24) is 24.9 Å². The first kappa shape index (κ1) is 16.6. The number of piperidine rings is 1. The topological polar surface area (TPSA) is 76.9 Å². The van der Waals surface area contributed by atoms with Gasteiger partial charge in [-0.05, 0) is 26.8 Å². The van der Waals surface area contributed by atoms with Gasteiger partial charge in [0.25, 0.3) is 0 Å². The number of anilines is 1. The highest BCUT2D eigenvalue weighted by atomic mass is 16.5. The first-order valence-electron chi connectivity index (χ1n) is 8.90. The number of aromatic nitrogens is 5. The van der Waals surface area contributed by atoms with Crippen molar-refractivity contribution in [1.29, 1.82) is 0 Å². The van der Waals surface area contributed by atoms with E-state index in [2.05, 4.69) is 29.8 Å². The van der Waals surface area contributed by atoms with Crippen LogP contribution in [-0.2, 0) is 0 Å². The zero-order chi connectivity index (χ0) is 18.1. The van der Waals surface area contributed by atoms with Crippen LogP contribution in [0.15, 0.2) is 24.7 Å². The number of fused-ring (bicyclic) bond motifs is 1. The van der Waals surface area contributed by atoms with E-state index < -0.39 is 0 Å². The van der Waals surface area contributed by atoms with Crippen LogP contribution in [-0.4, -0.2) is 44.1 Å². The van der Waals surface area contributed by atoms with Gasteiger partial charge in [0.1, 0.15) is 17.7 Å². The molecule has 0 radical (unpaired) electrons. The molecule has 1 aliphatic heterocycles. The summed E-state index contributed by atoms with van der Waals surface area (Å²) in [6.45, 7) is 7.55. The summed E-state index contributed by atoms with van der Waals surface area (Å²) < 4.78 is 6.12. The van der Waals surface area contributed by atoms with Crippen LogP contribution in [0.5, 0.6) is 5.88 Å². The molecule has 3 aromatic heterocycles. The third-order valence-corrected chi connectivity index (χ3v) is 4.64. The van der Waals surface area contributed by atoms with Crippen molar-refractivity contribution < 1.29 is 4.74 Å². The van der Waals surface area contributed by atoms with Crippen molar-refractivity contribution in [3.8, 4) is 5.88 Å². The average Bonchev–Trinajstić information content (AvgIpc) is 2.65. The van der Waals surface area contributed by atoms with Crippen LogP contribution < -0.4 is 9.64 Å². The molecule has 4 heterocycles. The van der Waals surface area contributed by atoms with E-state index in [-0.39, 0.29) is 6.10 Å². The summed E-state index contributed by atoms with van der Waals surface area (Å²) in [6.07, 6.45) is 7.34. The van der Waals surface area contributed by atoms with E-state index in [1.54, 1.807) is 18.6 Å².